The summed E-state index contributed by atoms with van der Waals surface area (Å²) in [6.07, 6.45) is -2.12. The fraction of sp³-hybridized carbons (Fsp3) is 0.357. The Kier molecular flexibility index (Phi) is 4.14. The average molecular weight is 341 g/mol. The number of pyridine rings is 1. The quantitative estimate of drug-likeness (QED) is 0.874. The molecule has 0 aliphatic carbocycles. The predicted octanol–water partition coefficient (Wildman–Crippen LogP) is 1.88. The normalized spacial score (nSPS) is 18.0. The molecule has 0 unspecified atom stereocenters. The molecule has 1 aliphatic heterocycles. The van der Waals surface area contributed by atoms with Crippen LogP contribution in [0.4, 0.5) is 23.8 Å². The first-order valence-corrected chi connectivity index (χ1v) is 7.17. The zero-order valence-electron chi connectivity index (χ0n) is 12.4. The Morgan fingerprint density at radius 1 is 1.38 bits per heavy atom. The molecule has 0 radical (unpaired) electrons. The van der Waals surface area contributed by atoms with Crippen molar-refractivity contribution in [1.29, 1.82) is 0 Å². The van der Waals surface area contributed by atoms with Crippen LogP contribution in [-0.4, -0.2) is 50.0 Å². The van der Waals surface area contributed by atoms with Gasteiger partial charge >= 0.3 is 12.2 Å². The highest BCUT2D eigenvalue weighted by Crippen LogP contribution is 2.32. The number of aliphatic hydroxyl groups is 1. The van der Waals surface area contributed by atoms with E-state index in [-0.39, 0.29) is 18.2 Å². The fourth-order valence-corrected chi connectivity index (χ4v) is 2.42. The van der Waals surface area contributed by atoms with Gasteiger partial charge in [0.05, 0.1) is 6.10 Å². The van der Waals surface area contributed by atoms with Crippen molar-refractivity contribution in [2.45, 2.75) is 18.7 Å². The van der Waals surface area contributed by atoms with Gasteiger partial charge in [-0.1, -0.05) is 0 Å². The average Bonchev–Trinajstić information content (AvgIpc) is 3.15. The number of nitrogens with zero attached hydrogens (tertiary/aromatic N) is 4. The van der Waals surface area contributed by atoms with E-state index in [1.54, 1.807) is 0 Å². The Labute approximate surface area is 134 Å². The third kappa shape index (κ3) is 3.32. The maximum Gasteiger partial charge on any atom is 0.420 e. The molecule has 7 nitrogen and oxygen atoms in total. The summed E-state index contributed by atoms with van der Waals surface area (Å²) < 4.78 is 40.0. The molecule has 0 aromatic carbocycles. The van der Waals surface area contributed by atoms with Gasteiger partial charge in [0.2, 0.25) is 0 Å². The number of anilines is 1. The van der Waals surface area contributed by atoms with Crippen molar-refractivity contribution in [1.82, 2.24) is 19.7 Å². The number of amides is 2. The Morgan fingerprint density at radius 3 is 2.83 bits per heavy atom. The van der Waals surface area contributed by atoms with Crippen LogP contribution in [-0.2, 0) is 6.18 Å². The van der Waals surface area contributed by atoms with E-state index in [1.165, 1.54) is 29.4 Å². The number of rotatable bonds is 2. The Bertz CT molecular complexity index is 746. The SMILES string of the molecule is O=C(Nc1ccn(-c2ncccc2C(F)(F)F)n1)N1CC[C@@H](O)C1. The smallest absolute Gasteiger partial charge is 0.391 e. The van der Waals surface area contributed by atoms with Crippen LogP contribution in [0.25, 0.3) is 5.82 Å². The number of carbonyl (C=O) groups excluding carboxylic acids is 1. The molecule has 0 saturated carbocycles. The van der Waals surface area contributed by atoms with E-state index in [9.17, 15) is 23.1 Å². The summed E-state index contributed by atoms with van der Waals surface area (Å²) >= 11 is 0. The molecule has 2 aromatic rings. The molecule has 1 aliphatic rings. The molecule has 3 rings (SSSR count). The van der Waals surface area contributed by atoms with Gasteiger partial charge in [0, 0.05) is 31.5 Å². The summed E-state index contributed by atoms with van der Waals surface area (Å²) in [5.74, 6) is -0.276. The van der Waals surface area contributed by atoms with Crippen LogP contribution in [0.5, 0.6) is 0 Å². The summed E-state index contributed by atoms with van der Waals surface area (Å²) in [6.45, 7) is 0.622. The minimum Gasteiger partial charge on any atom is -0.391 e. The van der Waals surface area contributed by atoms with E-state index >= 15 is 0 Å². The molecule has 0 spiro atoms. The van der Waals surface area contributed by atoms with E-state index in [1.807, 2.05) is 0 Å². The van der Waals surface area contributed by atoms with Gasteiger partial charge < -0.3 is 10.0 Å². The van der Waals surface area contributed by atoms with Gasteiger partial charge in [-0.05, 0) is 18.6 Å². The lowest BCUT2D eigenvalue weighted by Crippen LogP contribution is -2.33. The van der Waals surface area contributed by atoms with Gasteiger partial charge in [0.25, 0.3) is 0 Å². The summed E-state index contributed by atoms with van der Waals surface area (Å²) in [5.41, 5.74) is -0.923. The number of carbonyl (C=O) groups is 1. The first-order chi connectivity index (χ1) is 11.3. The molecule has 0 bridgehead atoms. The molecule has 1 atom stereocenters. The van der Waals surface area contributed by atoms with Crippen molar-refractivity contribution < 1.29 is 23.1 Å². The second kappa shape index (κ2) is 6.11. The van der Waals surface area contributed by atoms with Crippen molar-refractivity contribution in [3.8, 4) is 5.82 Å². The van der Waals surface area contributed by atoms with Crippen LogP contribution in [0.2, 0.25) is 0 Å². The largest absolute Gasteiger partial charge is 0.420 e. The van der Waals surface area contributed by atoms with Gasteiger partial charge in [-0.15, -0.1) is 5.10 Å². The molecule has 3 heterocycles. The molecule has 128 valence electrons. The van der Waals surface area contributed by atoms with Gasteiger partial charge in [0.15, 0.2) is 11.6 Å². The number of halogens is 3. The van der Waals surface area contributed by atoms with Crippen LogP contribution < -0.4 is 5.32 Å². The van der Waals surface area contributed by atoms with Crippen molar-refractivity contribution in [3.63, 3.8) is 0 Å². The molecule has 2 aromatic heterocycles. The monoisotopic (exact) mass is 341 g/mol. The molecule has 1 saturated heterocycles. The van der Waals surface area contributed by atoms with Crippen molar-refractivity contribution in [2.24, 2.45) is 0 Å². The van der Waals surface area contributed by atoms with Gasteiger partial charge in [-0.3, -0.25) is 5.32 Å². The standard InChI is InChI=1S/C14H14F3N5O2/c15-14(16,17)10-2-1-5-18-12(10)22-7-4-11(20-22)19-13(24)21-6-3-9(23)8-21/h1-2,4-5,7,9,23H,3,6,8H2,(H,19,20,24)/t9-/m1/s1. The van der Waals surface area contributed by atoms with Crippen molar-refractivity contribution >= 4 is 11.8 Å². The highest BCUT2D eigenvalue weighted by Gasteiger charge is 2.35. The number of urea groups is 1. The second-order valence-electron chi connectivity index (χ2n) is 5.34. The Balaban J connectivity index is 1.78. The maximum absolute atomic E-state index is 13.0. The number of alkyl halides is 3. The number of likely N-dealkylation sites (tertiary alicyclic amines) is 1. The number of nitrogens with one attached hydrogen (secondary N) is 1. The molecular formula is C14H14F3N5O2. The number of hydrogen-bond donors (Lipinski definition) is 2. The van der Waals surface area contributed by atoms with Gasteiger partial charge in [-0.2, -0.15) is 13.2 Å². The number of β-amino-alcohol motifs (C(OH)–C–C–N with tert-alkyl or cyclic N) is 1. The van der Waals surface area contributed by atoms with Crippen molar-refractivity contribution in [3.05, 3.63) is 36.2 Å². The maximum atomic E-state index is 13.0. The summed E-state index contributed by atoms with van der Waals surface area (Å²) in [7, 11) is 0. The summed E-state index contributed by atoms with van der Waals surface area (Å²) in [6, 6.07) is 3.01. The van der Waals surface area contributed by atoms with Crippen LogP contribution in [0, 0.1) is 0 Å². The predicted molar refractivity (Wildman–Crippen MR) is 77.6 cm³/mol. The minimum atomic E-state index is -4.56. The van der Waals surface area contributed by atoms with E-state index in [2.05, 4.69) is 15.4 Å². The topological polar surface area (TPSA) is 83.3 Å². The minimum absolute atomic E-state index is 0.0974. The number of aliphatic hydroxyl groups excluding tert-OH is 1. The molecular weight excluding hydrogens is 327 g/mol. The van der Waals surface area contributed by atoms with Crippen LogP contribution in [0.3, 0.4) is 0 Å². The first kappa shape index (κ1) is 16.2. The van der Waals surface area contributed by atoms with E-state index in [0.29, 0.717) is 13.0 Å². The van der Waals surface area contributed by atoms with Gasteiger partial charge in [-0.25, -0.2) is 14.5 Å². The zero-order chi connectivity index (χ0) is 17.3. The third-order valence-electron chi connectivity index (χ3n) is 3.58. The second-order valence-corrected chi connectivity index (χ2v) is 5.34. The summed E-state index contributed by atoms with van der Waals surface area (Å²) in [5, 5.41) is 15.8. The Hall–Kier alpha value is -2.62. The van der Waals surface area contributed by atoms with Crippen LogP contribution in [0.1, 0.15) is 12.0 Å². The third-order valence-corrected chi connectivity index (χ3v) is 3.58. The van der Waals surface area contributed by atoms with E-state index in [0.717, 1.165) is 10.7 Å². The lowest BCUT2D eigenvalue weighted by Gasteiger charge is -2.15. The highest BCUT2D eigenvalue weighted by molar-refractivity contribution is 5.88. The molecule has 24 heavy (non-hydrogen) atoms. The fourth-order valence-electron chi connectivity index (χ4n) is 2.42. The molecule has 10 heteroatoms. The van der Waals surface area contributed by atoms with Crippen LogP contribution >= 0.6 is 0 Å². The lowest BCUT2D eigenvalue weighted by atomic mass is 10.2. The molecule has 2 N–H and O–H groups in total. The van der Waals surface area contributed by atoms with Crippen LogP contribution in [0.15, 0.2) is 30.6 Å². The molecule has 2 amide bonds. The van der Waals surface area contributed by atoms with E-state index < -0.39 is 23.9 Å². The van der Waals surface area contributed by atoms with E-state index in [4.69, 9.17) is 0 Å². The molecule has 1 fully saturated rings. The van der Waals surface area contributed by atoms with Crippen molar-refractivity contribution in [2.75, 3.05) is 18.4 Å². The van der Waals surface area contributed by atoms with Gasteiger partial charge in [0.1, 0.15) is 5.56 Å². The number of aromatic nitrogens is 3. The Morgan fingerprint density at radius 2 is 2.17 bits per heavy atom. The zero-order valence-corrected chi connectivity index (χ0v) is 12.4. The lowest BCUT2D eigenvalue weighted by molar-refractivity contribution is -0.137. The highest BCUT2D eigenvalue weighted by atomic mass is 19.4. The number of hydrogen-bond acceptors (Lipinski definition) is 4. The first-order valence-electron chi connectivity index (χ1n) is 7.17. The summed E-state index contributed by atoms with van der Waals surface area (Å²) in [4.78, 5) is 17.1.